The molecule has 1 aromatic carbocycles. The number of ether oxygens (including phenoxy) is 1. The van der Waals surface area contributed by atoms with E-state index in [2.05, 4.69) is 26.8 Å². The molecular formula is C33H33F2N7O4. The summed E-state index contributed by atoms with van der Waals surface area (Å²) in [4.78, 5) is 56.7. The van der Waals surface area contributed by atoms with Crippen LogP contribution in [-0.2, 0) is 9.59 Å². The minimum absolute atomic E-state index is 0.0140. The lowest BCUT2D eigenvalue weighted by atomic mass is 10.0. The number of hydrogen-bond donors (Lipinski definition) is 1. The number of amides is 2. The minimum Gasteiger partial charge on any atom is -0.493 e. The highest BCUT2D eigenvalue weighted by Gasteiger charge is 2.31. The third kappa shape index (κ3) is 5.46. The molecule has 4 aromatic rings. The van der Waals surface area contributed by atoms with Crippen LogP contribution in [-0.4, -0.2) is 68.5 Å². The van der Waals surface area contributed by atoms with Crippen LogP contribution in [0.5, 0.6) is 5.75 Å². The summed E-state index contributed by atoms with van der Waals surface area (Å²) in [6.07, 6.45) is 3.14. The number of hydrogen-bond acceptors (Lipinski definition) is 8. The molecule has 0 unspecified atom stereocenters. The van der Waals surface area contributed by atoms with Gasteiger partial charge in [0.05, 0.1) is 34.6 Å². The van der Waals surface area contributed by atoms with Gasteiger partial charge in [-0.3, -0.25) is 14.6 Å². The Balaban J connectivity index is 1.69. The molecule has 6 rings (SSSR count). The first-order valence-electron chi connectivity index (χ1n) is 15.1. The van der Waals surface area contributed by atoms with Gasteiger partial charge in [-0.15, -0.1) is 0 Å². The van der Waals surface area contributed by atoms with Crippen molar-refractivity contribution in [2.75, 3.05) is 36.5 Å². The molecule has 2 aliphatic heterocycles. The van der Waals surface area contributed by atoms with Crippen molar-refractivity contribution in [1.29, 1.82) is 0 Å². The molecule has 238 valence electrons. The van der Waals surface area contributed by atoms with Crippen LogP contribution in [0, 0.1) is 11.6 Å². The number of nitrogens with zero attached hydrogens (tertiary/aromatic N) is 6. The number of nitrogens with one attached hydrogen (secondary N) is 1. The molecule has 2 aliphatic rings. The van der Waals surface area contributed by atoms with Gasteiger partial charge in [-0.05, 0) is 49.6 Å². The zero-order chi connectivity index (χ0) is 32.7. The fraction of sp³-hybridized carbons (Fsp3) is 0.333. The molecule has 2 amide bonds. The van der Waals surface area contributed by atoms with Crippen LogP contribution >= 0.6 is 0 Å². The number of halogens is 2. The van der Waals surface area contributed by atoms with Gasteiger partial charge in [-0.1, -0.05) is 26.5 Å². The molecule has 3 aromatic heterocycles. The van der Waals surface area contributed by atoms with Crippen molar-refractivity contribution in [3.05, 3.63) is 77.0 Å². The van der Waals surface area contributed by atoms with Gasteiger partial charge in [-0.2, -0.15) is 4.98 Å². The van der Waals surface area contributed by atoms with Crippen LogP contribution in [0.3, 0.4) is 0 Å². The lowest BCUT2D eigenvalue weighted by Crippen LogP contribution is -2.54. The number of aromatic nitrogens is 4. The molecule has 11 nitrogen and oxygen atoms in total. The van der Waals surface area contributed by atoms with E-state index in [1.165, 1.54) is 41.1 Å². The standard InChI is InChI=1S/C33H33F2N7O4/c1-5-26(44)40-13-14-41(19(4)17-40)31-20-16-22(35)29-27-21(34)8-6-9-24(27)46-15-7-10-25(43)37-23-11-12-36-28(18(2)3)30(23)42(32(20)38-29)33(45)39-31/h5-6,8-9,11-12,16,18-19H,1,7,10,13-15,17H2,2-4H3,(H,37,43)/t19-/m0/s1. The second-order valence-electron chi connectivity index (χ2n) is 11.6. The number of pyridine rings is 2. The Morgan fingerprint density at radius 3 is 2.70 bits per heavy atom. The summed E-state index contributed by atoms with van der Waals surface area (Å²) in [6.45, 7) is 10.2. The molecule has 1 fully saturated rings. The maximum absolute atomic E-state index is 16.2. The lowest BCUT2D eigenvalue weighted by Gasteiger charge is -2.40. The van der Waals surface area contributed by atoms with Crippen LogP contribution in [0.25, 0.3) is 28.0 Å². The van der Waals surface area contributed by atoms with E-state index >= 15 is 8.78 Å². The number of benzene rings is 1. The van der Waals surface area contributed by atoms with Gasteiger partial charge in [0, 0.05) is 38.3 Å². The summed E-state index contributed by atoms with van der Waals surface area (Å²) in [5, 5.41) is 3.07. The van der Waals surface area contributed by atoms with E-state index < -0.39 is 17.3 Å². The van der Waals surface area contributed by atoms with Gasteiger partial charge >= 0.3 is 5.69 Å². The zero-order valence-electron chi connectivity index (χ0n) is 25.7. The summed E-state index contributed by atoms with van der Waals surface area (Å²) in [7, 11) is 0. The monoisotopic (exact) mass is 629 g/mol. The van der Waals surface area contributed by atoms with Crippen molar-refractivity contribution < 1.29 is 23.1 Å². The predicted molar refractivity (Wildman–Crippen MR) is 169 cm³/mol. The van der Waals surface area contributed by atoms with Gasteiger partial charge in [-0.25, -0.2) is 23.1 Å². The normalized spacial score (nSPS) is 16.8. The Hall–Kier alpha value is -5.20. The fourth-order valence-electron chi connectivity index (χ4n) is 6.01. The maximum Gasteiger partial charge on any atom is 0.355 e. The van der Waals surface area contributed by atoms with Crippen LogP contribution in [0.15, 0.2) is 54.0 Å². The summed E-state index contributed by atoms with van der Waals surface area (Å²) in [5.74, 6) is -2.16. The van der Waals surface area contributed by atoms with E-state index in [1.54, 1.807) is 11.0 Å². The van der Waals surface area contributed by atoms with Crippen LogP contribution in [0.2, 0.25) is 0 Å². The molecule has 1 saturated heterocycles. The first-order chi connectivity index (χ1) is 22.1. The average molecular weight is 630 g/mol. The summed E-state index contributed by atoms with van der Waals surface area (Å²) < 4.78 is 38.8. The fourth-order valence-corrected chi connectivity index (χ4v) is 6.01. The first kappa shape index (κ1) is 30.8. The van der Waals surface area contributed by atoms with Crippen LogP contribution in [0.1, 0.15) is 45.2 Å². The Kier molecular flexibility index (Phi) is 8.24. The molecule has 0 aliphatic carbocycles. The SMILES string of the molecule is C=CC(=O)N1CCN(c2nc(=O)n3c4nc(c(F)cc24)-c2c(F)cccc2OCCCC(=O)Nc2ccnc(C(C)C)c2-3)[C@@H](C)C1. The molecule has 0 saturated carbocycles. The van der Waals surface area contributed by atoms with Gasteiger partial charge in [0.2, 0.25) is 11.8 Å². The minimum atomic E-state index is -0.847. The molecule has 1 atom stereocenters. The summed E-state index contributed by atoms with van der Waals surface area (Å²) in [5.41, 5.74) is -0.327. The second kappa shape index (κ2) is 12.3. The van der Waals surface area contributed by atoms with E-state index in [0.29, 0.717) is 37.4 Å². The maximum atomic E-state index is 16.2. The van der Waals surface area contributed by atoms with Crippen molar-refractivity contribution in [1.82, 2.24) is 24.4 Å². The summed E-state index contributed by atoms with van der Waals surface area (Å²) >= 11 is 0. The third-order valence-electron chi connectivity index (χ3n) is 8.20. The predicted octanol–water partition coefficient (Wildman–Crippen LogP) is 4.58. The Morgan fingerprint density at radius 2 is 1.96 bits per heavy atom. The largest absolute Gasteiger partial charge is 0.493 e. The van der Waals surface area contributed by atoms with Crippen LogP contribution < -0.4 is 20.6 Å². The highest BCUT2D eigenvalue weighted by Crippen LogP contribution is 2.38. The topological polar surface area (TPSA) is 123 Å². The molecule has 0 spiro atoms. The van der Waals surface area contributed by atoms with E-state index in [1.807, 2.05) is 25.7 Å². The Bertz CT molecular complexity index is 1940. The van der Waals surface area contributed by atoms with Gasteiger partial charge in [0.25, 0.3) is 0 Å². The molecule has 5 heterocycles. The van der Waals surface area contributed by atoms with E-state index in [0.717, 1.165) is 0 Å². The van der Waals surface area contributed by atoms with Gasteiger partial charge in [0.15, 0.2) is 11.5 Å². The average Bonchev–Trinajstić information content (AvgIpc) is 3.02. The molecule has 46 heavy (non-hydrogen) atoms. The number of carbonyl (C=O) groups excluding carboxylic acids is 2. The number of anilines is 2. The number of rotatable bonds is 3. The smallest absolute Gasteiger partial charge is 0.355 e. The van der Waals surface area contributed by atoms with E-state index in [9.17, 15) is 14.4 Å². The highest BCUT2D eigenvalue weighted by molar-refractivity contribution is 5.95. The zero-order valence-corrected chi connectivity index (χ0v) is 25.7. The van der Waals surface area contributed by atoms with Gasteiger partial charge in [0.1, 0.15) is 23.1 Å². The van der Waals surface area contributed by atoms with Crippen molar-refractivity contribution in [3.63, 3.8) is 0 Å². The number of fused-ring (bicyclic) bond motifs is 5. The van der Waals surface area contributed by atoms with Crippen molar-refractivity contribution >= 4 is 34.4 Å². The van der Waals surface area contributed by atoms with E-state index in [-0.39, 0.29) is 76.3 Å². The second-order valence-corrected chi connectivity index (χ2v) is 11.6. The molecule has 13 heteroatoms. The van der Waals surface area contributed by atoms with Crippen molar-refractivity contribution in [3.8, 4) is 22.7 Å². The molecule has 1 N–H and O–H groups in total. The van der Waals surface area contributed by atoms with E-state index in [4.69, 9.17) is 4.74 Å². The Morgan fingerprint density at radius 1 is 1.15 bits per heavy atom. The quantitative estimate of drug-likeness (QED) is 0.327. The summed E-state index contributed by atoms with van der Waals surface area (Å²) in [6, 6.07) is 6.57. The first-order valence-corrected chi connectivity index (χ1v) is 15.1. The molecular weight excluding hydrogens is 596 g/mol. The third-order valence-corrected chi connectivity index (χ3v) is 8.20. The van der Waals surface area contributed by atoms with Crippen molar-refractivity contribution in [2.24, 2.45) is 0 Å². The van der Waals surface area contributed by atoms with Crippen molar-refractivity contribution in [2.45, 2.75) is 45.6 Å². The molecule has 2 bridgehead atoms. The van der Waals surface area contributed by atoms with Crippen LogP contribution in [0.4, 0.5) is 20.3 Å². The number of piperazine rings is 1. The highest BCUT2D eigenvalue weighted by atomic mass is 19.1. The lowest BCUT2D eigenvalue weighted by molar-refractivity contribution is -0.126. The Labute approximate surface area is 263 Å². The van der Waals surface area contributed by atoms with Gasteiger partial charge < -0.3 is 19.9 Å². The number of carbonyl (C=O) groups is 2. The molecule has 0 radical (unpaired) electrons.